The summed E-state index contributed by atoms with van der Waals surface area (Å²) in [6, 6.07) is 14.9. The molecule has 0 bridgehead atoms. The van der Waals surface area contributed by atoms with Crippen molar-refractivity contribution in [3.8, 4) is 23.0 Å². The van der Waals surface area contributed by atoms with E-state index in [1.165, 1.54) is 70.0 Å². The van der Waals surface area contributed by atoms with E-state index in [0.717, 1.165) is 0 Å². The van der Waals surface area contributed by atoms with Crippen LogP contribution in [0.5, 0.6) is 23.0 Å². The van der Waals surface area contributed by atoms with E-state index >= 15 is 0 Å². The van der Waals surface area contributed by atoms with Crippen LogP contribution >= 0.6 is 0 Å². The van der Waals surface area contributed by atoms with Gasteiger partial charge in [-0.2, -0.15) is 5.10 Å². The third kappa shape index (κ3) is 5.65. The molecule has 0 heterocycles. The summed E-state index contributed by atoms with van der Waals surface area (Å²) in [4.78, 5) is 24.5. The first-order chi connectivity index (χ1) is 16.0. The molecule has 170 valence electrons. The van der Waals surface area contributed by atoms with Crippen molar-refractivity contribution in [1.82, 2.24) is 5.43 Å². The van der Waals surface area contributed by atoms with E-state index in [4.69, 9.17) is 18.9 Å². The van der Waals surface area contributed by atoms with Gasteiger partial charge in [0.25, 0.3) is 5.91 Å². The molecule has 0 saturated heterocycles. The van der Waals surface area contributed by atoms with Crippen LogP contribution < -0.4 is 24.4 Å². The minimum absolute atomic E-state index is 0.155. The molecule has 0 aliphatic rings. The summed E-state index contributed by atoms with van der Waals surface area (Å²) < 4.78 is 34.6. The zero-order chi connectivity index (χ0) is 23.8. The number of esters is 1. The van der Waals surface area contributed by atoms with Gasteiger partial charge in [0, 0.05) is 5.56 Å². The number of rotatable bonds is 8. The van der Waals surface area contributed by atoms with Crippen LogP contribution in [0.3, 0.4) is 0 Å². The summed E-state index contributed by atoms with van der Waals surface area (Å²) in [6.07, 6.45) is 1.42. The van der Waals surface area contributed by atoms with Crippen molar-refractivity contribution in [2.24, 2.45) is 5.10 Å². The fourth-order valence-electron chi connectivity index (χ4n) is 2.85. The summed E-state index contributed by atoms with van der Waals surface area (Å²) in [7, 11) is 4.37. The molecule has 0 spiro atoms. The van der Waals surface area contributed by atoms with E-state index in [9.17, 15) is 14.0 Å². The second kappa shape index (κ2) is 10.8. The first kappa shape index (κ1) is 23.3. The lowest BCUT2D eigenvalue weighted by molar-refractivity contribution is 0.0729. The van der Waals surface area contributed by atoms with Gasteiger partial charge in [0.05, 0.1) is 33.1 Å². The third-order valence-corrected chi connectivity index (χ3v) is 4.49. The highest BCUT2D eigenvalue weighted by atomic mass is 19.1. The van der Waals surface area contributed by atoms with Gasteiger partial charge in [-0.15, -0.1) is 0 Å². The summed E-state index contributed by atoms with van der Waals surface area (Å²) in [6.45, 7) is 0. The van der Waals surface area contributed by atoms with Gasteiger partial charge in [0.1, 0.15) is 11.6 Å². The first-order valence-electron chi connectivity index (χ1n) is 9.67. The number of nitrogens with zero attached hydrogens (tertiary/aromatic N) is 1. The lowest BCUT2D eigenvalue weighted by Crippen LogP contribution is -2.18. The van der Waals surface area contributed by atoms with Crippen molar-refractivity contribution in [1.29, 1.82) is 0 Å². The molecule has 0 saturated carbocycles. The molecular weight excluding hydrogens is 431 g/mol. The van der Waals surface area contributed by atoms with Crippen LogP contribution in [0.4, 0.5) is 4.39 Å². The Balaban J connectivity index is 1.63. The lowest BCUT2D eigenvalue weighted by Gasteiger charge is -2.13. The Morgan fingerprint density at radius 2 is 1.55 bits per heavy atom. The molecule has 0 atom stereocenters. The molecule has 33 heavy (non-hydrogen) atoms. The average molecular weight is 452 g/mol. The summed E-state index contributed by atoms with van der Waals surface area (Å²) >= 11 is 0. The second-order valence-electron chi connectivity index (χ2n) is 6.55. The molecule has 0 unspecified atom stereocenters. The standard InChI is InChI=1S/C24H21FN2O6/c1-30-20-12-16(13-21(31-2)22(20)32-3)23(28)27-26-14-15-8-10-17(11-9-15)33-24(29)18-6-4-5-7-19(18)25/h4-14H,1-3H3,(H,27,28). The molecule has 9 heteroatoms. The van der Waals surface area contributed by atoms with Gasteiger partial charge >= 0.3 is 5.97 Å². The molecular formula is C24H21FN2O6. The lowest BCUT2D eigenvalue weighted by atomic mass is 10.1. The zero-order valence-electron chi connectivity index (χ0n) is 18.1. The Hall–Kier alpha value is -4.40. The first-order valence-corrected chi connectivity index (χ1v) is 9.67. The minimum Gasteiger partial charge on any atom is -0.493 e. The largest absolute Gasteiger partial charge is 0.493 e. The zero-order valence-corrected chi connectivity index (χ0v) is 18.1. The molecule has 1 amide bonds. The Morgan fingerprint density at radius 3 is 2.12 bits per heavy atom. The minimum atomic E-state index is -0.799. The van der Waals surface area contributed by atoms with Gasteiger partial charge < -0.3 is 18.9 Å². The molecule has 1 N–H and O–H groups in total. The highest BCUT2D eigenvalue weighted by molar-refractivity contribution is 5.96. The molecule has 8 nitrogen and oxygen atoms in total. The summed E-state index contributed by atoms with van der Waals surface area (Å²) in [5.74, 6) is -0.655. The van der Waals surface area contributed by atoms with Crippen molar-refractivity contribution in [2.75, 3.05) is 21.3 Å². The number of hydrazone groups is 1. The number of hydrogen-bond acceptors (Lipinski definition) is 7. The molecule has 0 aliphatic heterocycles. The van der Waals surface area contributed by atoms with Crippen molar-refractivity contribution >= 4 is 18.1 Å². The van der Waals surface area contributed by atoms with E-state index in [1.807, 2.05) is 0 Å². The normalized spacial score (nSPS) is 10.5. The molecule has 3 rings (SSSR count). The fraction of sp³-hybridized carbons (Fsp3) is 0.125. The van der Waals surface area contributed by atoms with Crippen LogP contribution in [0, 0.1) is 5.82 Å². The van der Waals surface area contributed by atoms with E-state index in [0.29, 0.717) is 22.8 Å². The SMILES string of the molecule is COc1cc(C(=O)NN=Cc2ccc(OC(=O)c3ccccc3F)cc2)cc(OC)c1OC. The molecule has 0 fully saturated rings. The van der Waals surface area contributed by atoms with Crippen molar-refractivity contribution in [3.63, 3.8) is 0 Å². The van der Waals surface area contributed by atoms with Crippen LogP contribution in [0.1, 0.15) is 26.3 Å². The van der Waals surface area contributed by atoms with Crippen LogP contribution in [-0.4, -0.2) is 39.4 Å². The number of amides is 1. The van der Waals surface area contributed by atoms with Gasteiger partial charge in [-0.25, -0.2) is 14.6 Å². The number of hydrogen-bond donors (Lipinski definition) is 1. The number of nitrogens with one attached hydrogen (secondary N) is 1. The van der Waals surface area contributed by atoms with Crippen molar-refractivity contribution < 1.29 is 32.9 Å². The highest BCUT2D eigenvalue weighted by Crippen LogP contribution is 2.38. The number of halogens is 1. The Morgan fingerprint density at radius 1 is 0.909 bits per heavy atom. The number of carbonyl (C=O) groups excluding carboxylic acids is 2. The predicted octanol–water partition coefficient (Wildman–Crippen LogP) is 3.83. The van der Waals surface area contributed by atoms with E-state index in [-0.39, 0.29) is 16.9 Å². The fourth-order valence-corrected chi connectivity index (χ4v) is 2.85. The van der Waals surface area contributed by atoms with Crippen LogP contribution in [-0.2, 0) is 0 Å². The maximum atomic E-state index is 13.7. The van der Waals surface area contributed by atoms with Crippen molar-refractivity contribution in [2.45, 2.75) is 0 Å². The van der Waals surface area contributed by atoms with E-state index < -0.39 is 17.7 Å². The maximum Gasteiger partial charge on any atom is 0.346 e. The van der Waals surface area contributed by atoms with Gasteiger partial charge in [-0.05, 0) is 54.1 Å². The Kier molecular flexibility index (Phi) is 7.59. The number of ether oxygens (including phenoxy) is 4. The molecule has 3 aromatic rings. The third-order valence-electron chi connectivity index (χ3n) is 4.49. The number of benzene rings is 3. The smallest absolute Gasteiger partial charge is 0.346 e. The van der Waals surface area contributed by atoms with Gasteiger partial charge in [-0.1, -0.05) is 12.1 Å². The topological polar surface area (TPSA) is 95.5 Å². The van der Waals surface area contributed by atoms with E-state index in [2.05, 4.69) is 10.5 Å². The highest BCUT2D eigenvalue weighted by Gasteiger charge is 2.17. The molecule has 3 aromatic carbocycles. The number of methoxy groups -OCH3 is 3. The maximum absolute atomic E-state index is 13.7. The van der Waals surface area contributed by atoms with Crippen molar-refractivity contribution in [3.05, 3.63) is 83.2 Å². The number of carbonyl (C=O) groups is 2. The van der Waals surface area contributed by atoms with E-state index in [1.54, 1.807) is 18.2 Å². The predicted molar refractivity (Wildman–Crippen MR) is 119 cm³/mol. The van der Waals surface area contributed by atoms with Crippen LogP contribution in [0.25, 0.3) is 0 Å². The Labute approximate surface area is 189 Å². The molecule has 0 aliphatic carbocycles. The quantitative estimate of drug-likeness (QED) is 0.242. The van der Waals surface area contributed by atoms with Gasteiger partial charge in [0.2, 0.25) is 5.75 Å². The average Bonchev–Trinajstić information content (AvgIpc) is 2.84. The molecule has 0 radical (unpaired) electrons. The van der Waals surface area contributed by atoms with Gasteiger partial charge in [-0.3, -0.25) is 4.79 Å². The monoisotopic (exact) mass is 452 g/mol. The second-order valence-corrected chi connectivity index (χ2v) is 6.55. The van der Waals surface area contributed by atoms with Crippen LogP contribution in [0.15, 0.2) is 65.8 Å². The van der Waals surface area contributed by atoms with Crippen LogP contribution in [0.2, 0.25) is 0 Å². The summed E-state index contributed by atoms with van der Waals surface area (Å²) in [5, 5.41) is 3.93. The Bertz CT molecular complexity index is 1150. The molecule has 0 aromatic heterocycles. The van der Waals surface area contributed by atoms with Gasteiger partial charge in [0.15, 0.2) is 11.5 Å². The summed E-state index contributed by atoms with van der Waals surface area (Å²) in [5.41, 5.74) is 3.15.